The van der Waals surface area contributed by atoms with E-state index in [4.69, 9.17) is 4.74 Å². The van der Waals surface area contributed by atoms with Crippen molar-refractivity contribution in [3.05, 3.63) is 36.2 Å². The van der Waals surface area contributed by atoms with Crippen LogP contribution in [0.25, 0.3) is 11.0 Å². The number of hydrogen-bond acceptors (Lipinski definition) is 4. The second kappa shape index (κ2) is 5.70. The van der Waals surface area contributed by atoms with Crippen LogP contribution in [0.5, 0.6) is 0 Å². The van der Waals surface area contributed by atoms with Crippen molar-refractivity contribution in [3.8, 4) is 0 Å². The third-order valence-corrected chi connectivity index (χ3v) is 2.71. The first kappa shape index (κ1) is 12.0. The van der Waals surface area contributed by atoms with Crippen molar-refractivity contribution >= 4 is 11.0 Å². The average Bonchev–Trinajstić information content (AvgIpc) is 2.38. The highest BCUT2D eigenvalue weighted by Gasteiger charge is 2.11. The molecule has 1 aromatic heterocycles. The zero-order valence-corrected chi connectivity index (χ0v) is 9.84. The number of ether oxygens (including phenoxy) is 1. The van der Waals surface area contributed by atoms with Gasteiger partial charge in [0.15, 0.2) is 0 Å². The van der Waals surface area contributed by atoms with Crippen molar-refractivity contribution in [1.29, 1.82) is 0 Å². The lowest BCUT2D eigenvalue weighted by Gasteiger charge is -2.12. The number of para-hydroxylation sites is 1. The van der Waals surface area contributed by atoms with Crippen molar-refractivity contribution in [3.63, 3.8) is 0 Å². The largest absolute Gasteiger partial charge is 0.388 e. The van der Waals surface area contributed by atoms with Gasteiger partial charge in [-0.25, -0.2) is 0 Å². The molecule has 0 aliphatic carbocycles. The van der Waals surface area contributed by atoms with E-state index in [0.717, 1.165) is 23.0 Å². The zero-order chi connectivity index (χ0) is 12.1. The van der Waals surface area contributed by atoms with Crippen molar-refractivity contribution in [2.24, 2.45) is 0 Å². The minimum atomic E-state index is -0.509. The van der Waals surface area contributed by atoms with Gasteiger partial charge in [0.2, 0.25) is 0 Å². The summed E-state index contributed by atoms with van der Waals surface area (Å²) < 4.78 is 4.98. The minimum absolute atomic E-state index is 0.509. The Labute approximate surface area is 100 Å². The number of aliphatic hydroxyl groups excluding tert-OH is 1. The maximum absolute atomic E-state index is 10.1. The Kier molecular flexibility index (Phi) is 4.01. The lowest BCUT2D eigenvalue weighted by molar-refractivity contribution is 0.137. The van der Waals surface area contributed by atoms with Crippen LogP contribution in [0.4, 0.5) is 0 Å². The monoisotopic (exact) mass is 232 g/mol. The van der Waals surface area contributed by atoms with Gasteiger partial charge in [-0.1, -0.05) is 12.1 Å². The summed E-state index contributed by atoms with van der Waals surface area (Å²) in [6.45, 7) is 0.660. The van der Waals surface area contributed by atoms with Crippen LogP contribution in [0.3, 0.4) is 0 Å². The number of fused-ring (bicyclic) bond motifs is 1. The van der Waals surface area contributed by atoms with Gasteiger partial charge in [-0.2, -0.15) is 0 Å². The normalized spacial score (nSPS) is 12.8. The molecule has 0 fully saturated rings. The van der Waals surface area contributed by atoms with Crippen molar-refractivity contribution in [2.45, 2.75) is 18.9 Å². The summed E-state index contributed by atoms with van der Waals surface area (Å²) in [6, 6.07) is 5.69. The molecule has 1 unspecified atom stereocenters. The van der Waals surface area contributed by atoms with Gasteiger partial charge in [0.05, 0.1) is 17.1 Å². The van der Waals surface area contributed by atoms with Gasteiger partial charge in [-0.15, -0.1) is 0 Å². The summed E-state index contributed by atoms with van der Waals surface area (Å²) >= 11 is 0. The number of hydrogen-bond donors (Lipinski definition) is 1. The number of benzene rings is 1. The molecule has 0 radical (unpaired) electrons. The molecule has 0 aliphatic rings. The molecule has 0 spiro atoms. The smallest absolute Gasteiger partial charge is 0.0944 e. The molecule has 2 rings (SSSR count). The third-order valence-electron chi connectivity index (χ3n) is 2.71. The first-order valence-electron chi connectivity index (χ1n) is 5.69. The van der Waals surface area contributed by atoms with E-state index >= 15 is 0 Å². The fourth-order valence-corrected chi connectivity index (χ4v) is 1.86. The lowest BCUT2D eigenvalue weighted by atomic mass is 10.0. The van der Waals surface area contributed by atoms with E-state index in [0.29, 0.717) is 13.0 Å². The highest BCUT2D eigenvalue weighted by Crippen LogP contribution is 2.24. The summed E-state index contributed by atoms with van der Waals surface area (Å²) in [7, 11) is 1.66. The molecule has 1 aromatic carbocycles. The van der Waals surface area contributed by atoms with Crippen LogP contribution in [-0.2, 0) is 4.74 Å². The number of rotatable bonds is 5. The van der Waals surface area contributed by atoms with Crippen LogP contribution < -0.4 is 0 Å². The van der Waals surface area contributed by atoms with E-state index in [-0.39, 0.29) is 0 Å². The van der Waals surface area contributed by atoms with Crippen LogP contribution in [0.1, 0.15) is 24.5 Å². The number of aromatic nitrogens is 2. The molecular weight excluding hydrogens is 216 g/mol. The van der Waals surface area contributed by atoms with Gasteiger partial charge >= 0.3 is 0 Å². The highest BCUT2D eigenvalue weighted by molar-refractivity contribution is 5.77. The van der Waals surface area contributed by atoms with E-state index in [9.17, 15) is 5.11 Å². The lowest BCUT2D eigenvalue weighted by Crippen LogP contribution is -2.02. The second-order valence-corrected chi connectivity index (χ2v) is 3.92. The van der Waals surface area contributed by atoms with Crippen LogP contribution in [-0.4, -0.2) is 28.8 Å². The van der Waals surface area contributed by atoms with Crippen molar-refractivity contribution < 1.29 is 9.84 Å². The molecule has 1 atom stereocenters. The fraction of sp³-hybridized carbons (Fsp3) is 0.385. The molecule has 17 heavy (non-hydrogen) atoms. The SMILES string of the molecule is COCCCC(O)c1cccc2nccnc12. The van der Waals surface area contributed by atoms with Gasteiger partial charge in [0, 0.05) is 31.7 Å². The van der Waals surface area contributed by atoms with Gasteiger partial charge in [0.1, 0.15) is 0 Å². The topological polar surface area (TPSA) is 55.2 Å². The van der Waals surface area contributed by atoms with E-state index in [1.54, 1.807) is 19.5 Å². The van der Waals surface area contributed by atoms with Crippen LogP contribution >= 0.6 is 0 Å². The second-order valence-electron chi connectivity index (χ2n) is 3.92. The van der Waals surface area contributed by atoms with Crippen molar-refractivity contribution in [2.75, 3.05) is 13.7 Å². The van der Waals surface area contributed by atoms with Crippen LogP contribution in [0.15, 0.2) is 30.6 Å². The summed E-state index contributed by atoms with van der Waals surface area (Å²) in [4.78, 5) is 8.50. The third kappa shape index (κ3) is 2.78. The summed E-state index contributed by atoms with van der Waals surface area (Å²) in [5, 5.41) is 10.1. The predicted molar refractivity (Wildman–Crippen MR) is 65.6 cm³/mol. The molecule has 4 heteroatoms. The van der Waals surface area contributed by atoms with Gasteiger partial charge in [0.25, 0.3) is 0 Å². The molecule has 4 nitrogen and oxygen atoms in total. The first-order valence-corrected chi connectivity index (χ1v) is 5.69. The highest BCUT2D eigenvalue weighted by atomic mass is 16.5. The van der Waals surface area contributed by atoms with Crippen LogP contribution in [0.2, 0.25) is 0 Å². The molecule has 0 amide bonds. The molecule has 0 saturated heterocycles. The number of nitrogens with zero attached hydrogens (tertiary/aromatic N) is 2. The van der Waals surface area contributed by atoms with E-state index in [2.05, 4.69) is 9.97 Å². The Balaban J connectivity index is 2.22. The molecule has 0 aliphatic heterocycles. The maximum Gasteiger partial charge on any atom is 0.0944 e. The molecule has 1 heterocycles. The minimum Gasteiger partial charge on any atom is -0.388 e. The Bertz CT molecular complexity index is 482. The fourth-order valence-electron chi connectivity index (χ4n) is 1.86. The summed E-state index contributed by atoms with van der Waals surface area (Å²) in [6.07, 6.45) is 4.29. The average molecular weight is 232 g/mol. The Morgan fingerprint density at radius 2 is 2.12 bits per heavy atom. The maximum atomic E-state index is 10.1. The number of aliphatic hydroxyl groups is 1. The first-order chi connectivity index (χ1) is 8.33. The van der Waals surface area contributed by atoms with Gasteiger partial charge in [-0.3, -0.25) is 9.97 Å². The standard InChI is InChI=1S/C13H16N2O2/c1-17-9-3-6-12(16)10-4-2-5-11-13(10)15-8-7-14-11/h2,4-5,7-8,12,16H,3,6,9H2,1H3. The predicted octanol–water partition coefficient (Wildman–Crippen LogP) is 2.09. The molecule has 0 saturated carbocycles. The zero-order valence-electron chi connectivity index (χ0n) is 9.84. The Hall–Kier alpha value is -1.52. The molecular formula is C13H16N2O2. The van der Waals surface area contributed by atoms with Crippen molar-refractivity contribution in [1.82, 2.24) is 9.97 Å². The van der Waals surface area contributed by atoms with Gasteiger partial charge < -0.3 is 9.84 Å². The van der Waals surface area contributed by atoms with Crippen LogP contribution in [0, 0.1) is 0 Å². The van der Waals surface area contributed by atoms with Gasteiger partial charge in [-0.05, 0) is 18.9 Å². The molecule has 0 bridgehead atoms. The summed E-state index contributed by atoms with van der Waals surface area (Å²) in [5.74, 6) is 0. The molecule has 90 valence electrons. The molecule has 2 aromatic rings. The Morgan fingerprint density at radius 3 is 2.94 bits per heavy atom. The Morgan fingerprint density at radius 1 is 1.29 bits per heavy atom. The molecule has 1 N–H and O–H groups in total. The van der Waals surface area contributed by atoms with E-state index in [1.807, 2.05) is 18.2 Å². The van der Waals surface area contributed by atoms with E-state index < -0.39 is 6.10 Å². The quantitative estimate of drug-likeness (QED) is 0.802. The number of methoxy groups -OCH3 is 1. The van der Waals surface area contributed by atoms with E-state index in [1.165, 1.54) is 0 Å². The summed E-state index contributed by atoms with van der Waals surface area (Å²) in [5.41, 5.74) is 2.43.